The van der Waals surface area contributed by atoms with Crippen molar-refractivity contribution in [1.29, 1.82) is 0 Å². The molecule has 1 N–H and O–H groups in total. The molecule has 7 nitrogen and oxygen atoms in total. The molecule has 28 heavy (non-hydrogen) atoms. The van der Waals surface area contributed by atoms with Crippen LogP contribution in [0.1, 0.15) is 39.0 Å². The molecule has 3 radical (unpaired) electrons. The molecule has 0 aromatic rings. The van der Waals surface area contributed by atoms with Crippen LogP contribution >= 0.6 is 0 Å². The summed E-state index contributed by atoms with van der Waals surface area (Å²) in [7, 11) is 9.85. The number of hydrogen-bond acceptors (Lipinski definition) is 7. The van der Waals surface area contributed by atoms with E-state index in [4.69, 9.17) is 22.1 Å². The molecule has 0 saturated heterocycles. The second-order valence-corrected chi connectivity index (χ2v) is 15.3. The third-order valence-corrected chi connectivity index (χ3v) is 12.3. The molecule has 0 aromatic heterocycles. The molecule has 1 atom stereocenters. The van der Waals surface area contributed by atoms with E-state index in [-0.39, 0.29) is 4.66 Å². The fourth-order valence-corrected chi connectivity index (χ4v) is 8.88. The SMILES string of the molecule is CO[Si](OC)C(C)(CCCCCN(C)C)[Si]CNCCC[Si](OC)(OC)OC. The summed E-state index contributed by atoms with van der Waals surface area (Å²) in [4.78, 5) is 2.25. The number of unbranched alkanes of at least 4 members (excludes halogenated alkanes) is 2. The summed E-state index contributed by atoms with van der Waals surface area (Å²) >= 11 is 0. The third-order valence-electron chi connectivity index (χ3n) is 4.98. The Balaban J connectivity index is 4.34. The summed E-state index contributed by atoms with van der Waals surface area (Å²) in [5.74, 6) is 0. The van der Waals surface area contributed by atoms with E-state index in [1.807, 2.05) is 0 Å². The zero-order valence-corrected chi connectivity index (χ0v) is 22.4. The average Bonchev–Trinajstić information content (AvgIpc) is 2.68. The topological polar surface area (TPSA) is 61.4 Å². The van der Waals surface area contributed by atoms with Crippen molar-refractivity contribution in [2.24, 2.45) is 0 Å². The van der Waals surface area contributed by atoms with E-state index in [2.05, 4.69) is 31.2 Å². The lowest BCUT2D eigenvalue weighted by Gasteiger charge is -2.32. The van der Waals surface area contributed by atoms with E-state index in [0.717, 1.165) is 47.7 Å². The number of nitrogens with zero attached hydrogens (tertiary/aromatic N) is 1. The maximum atomic E-state index is 5.73. The molecule has 10 heteroatoms. The predicted molar refractivity (Wildman–Crippen MR) is 120 cm³/mol. The summed E-state index contributed by atoms with van der Waals surface area (Å²) in [5.41, 5.74) is 0. The molecular weight excluding hydrogens is 408 g/mol. The van der Waals surface area contributed by atoms with Crippen LogP contribution in [0.4, 0.5) is 0 Å². The molecule has 0 bridgehead atoms. The molecule has 0 aromatic carbocycles. The van der Waals surface area contributed by atoms with Gasteiger partial charge in [-0.15, -0.1) is 0 Å². The first-order valence-corrected chi connectivity index (χ1v) is 14.5. The van der Waals surface area contributed by atoms with Crippen LogP contribution in [0.3, 0.4) is 0 Å². The fourth-order valence-electron chi connectivity index (χ4n) is 3.21. The molecule has 167 valence electrons. The zero-order valence-electron chi connectivity index (χ0n) is 19.4. The van der Waals surface area contributed by atoms with Crippen molar-refractivity contribution in [2.75, 3.05) is 68.9 Å². The second-order valence-electron chi connectivity index (χ2n) is 7.39. The van der Waals surface area contributed by atoms with Gasteiger partial charge in [0.25, 0.3) is 0 Å². The van der Waals surface area contributed by atoms with Gasteiger partial charge in [0.15, 0.2) is 0 Å². The van der Waals surface area contributed by atoms with Gasteiger partial charge in [0, 0.05) is 46.3 Å². The van der Waals surface area contributed by atoms with E-state index in [1.165, 1.54) is 19.3 Å². The van der Waals surface area contributed by atoms with E-state index in [1.54, 1.807) is 35.5 Å². The Morgan fingerprint density at radius 1 is 0.929 bits per heavy atom. The van der Waals surface area contributed by atoms with Crippen LogP contribution in [0.2, 0.25) is 10.7 Å². The molecule has 0 aliphatic carbocycles. The molecule has 1 unspecified atom stereocenters. The summed E-state index contributed by atoms with van der Waals surface area (Å²) in [6, 6.07) is 0.820. The Morgan fingerprint density at radius 3 is 2.04 bits per heavy atom. The molecule has 0 aliphatic heterocycles. The van der Waals surface area contributed by atoms with Gasteiger partial charge in [-0.1, -0.05) is 19.8 Å². The maximum absolute atomic E-state index is 5.73. The van der Waals surface area contributed by atoms with E-state index in [0.29, 0.717) is 0 Å². The Bertz CT molecular complexity index is 367. The standard InChI is InChI=1S/C18H43N2O5Si3/c1-18(27(21-4)22-5,13-10-9-11-15-20(2)3)26-17-19-14-12-16-28(23-6,24-7)25-8/h19H,9-17H2,1-8H3. The van der Waals surface area contributed by atoms with Crippen LogP contribution in [-0.4, -0.2) is 101 Å². The van der Waals surface area contributed by atoms with Gasteiger partial charge in [-0.2, -0.15) is 0 Å². The smallest absolute Gasteiger partial charge is 0.397 e. The highest BCUT2D eigenvalue weighted by Gasteiger charge is 2.39. The highest BCUT2D eigenvalue weighted by molar-refractivity contribution is 6.66. The molecule has 0 saturated carbocycles. The van der Waals surface area contributed by atoms with Crippen LogP contribution in [0.5, 0.6) is 0 Å². The first kappa shape index (κ1) is 28.4. The molecule has 0 rings (SSSR count). The van der Waals surface area contributed by atoms with Crippen molar-refractivity contribution >= 4 is 27.6 Å². The van der Waals surface area contributed by atoms with Crippen molar-refractivity contribution in [3.63, 3.8) is 0 Å². The Hall–Kier alpha value is 0.371. The van der Waals surface area contributed by atoms with Crippen molar-refractivity contribution in [1.82, 2.24) is 10.2 Å². The highest BCUT2D eigenvalue weighted by atomic mass is 28.4. The van der Waals surface area contributed by atoms with Crippen molar-refractivity contribution in [3.8, 4) is 0 Å². The monoisotopic (exact) mass is 451 g/mol. The summed E-state index contributed by atoms with van der Waals surface area (Å²) in [6.07, 6.45) is 6.84. The van der Waals surface area contributed by atoms with Crippen molar-refractivity contribution < 1.29 is 22.1 Å². The molecular formula is C18H43N2O5Si3. The Kier molecular flexibility index (Phi) is 16.3. The van der Waals surface area contributed by atoms with Gasteiger partial charge in [0.1, 0.15) is 0 Å². The number of nitrogens with one attached hydrogen (secondary N) is 1. The van der Waals surface area contributed by atoms with Gasteiger partial charge < -0.3 is 32.3 Å². The van der Waals surface area contributed by atoms with Crippen LogP contribution < -0.4 is 5.32 Å². The van der Waals surface area contributed by atoms with Crippen LogP contribution in [0.15, 0.2) is 0 Å². The normalized spacial score (nSPS) is 14.8. The van der Waals surface area contributed by atoms with Crippen LogP contribution in [-0.2, 0) is 22.1 Å². The Morgan fingerprint density at radius 2 is 1.54 bits per heavy atom. The first-order chi connectivity index (χ1) is 13.3. The van der Waals surface area contributed by atoms with Gasteiger partial charge >= 0.3 is 18.1 Å². The van der Waals surface area contributed by atoms with Gasteiger partial charge in [-0.25, -0.2) is 0 Å². The summed E-state index contributed by atoms with van der Waals surface area (Å²) < 4.78 is 28.0. The maximum Gasteiger partial charge on any atom is 0.500 e. The lowest BCUT2D eigenvalue weighted by atomic mass is 10.1. The molecule has 0 fully saturated rings. The summed E-state index contributed by atoms with van der Waals surface area (Å²) in [5, 5.41) is 3.57. The molecule has 0 aliphatic rings. The largest absolute Gasteiger partial charge is 0.500 e. The van der Waals surface area contributed by atoms with Crippen molar-refractivity contribution in [2.45, 2.75) is 49.7 Å². The minimum atomic E-state index is -2.45. The minimum Gasteiger partial charge on any atom is -0.397 e. The lowest BCUT2D eigenvalue weighted by Crippen LogP contribution is -2.44. The highest BCUT2D eigenvalue weighted by Crippen LogP contribution is 2.35. The minimum absolute atomic E-state index is 0.128. The van der Waals surface area contributed by atoms with E-state index >= 15 is 0 Å². The van der Waals surface area contributed by atoms with Gasteiger partial charge in [0.2, 0.25) is 0 Å². The molecule has 0 amide bonds. The first-order valence-electron chi connectivity index (χ1n) is 10.0. The Labute approximate surface area is 178 Å². The van der Waals surface area contributed by atoms with E-state index < -0.39 is 18.1 Å². The van der Waals surface area contributed by atoms with Crippen LogP contribution in [0, 0.1) is 0 Å². The van der Waals surface area contributed by atoms with Crippen molar-refractivity contribution in [3.05, 3.63) is 0 Å². The molecule has 0 heterocycles. The lowest BCUT2D eigenvalue weighted by molar-refractivity contribution is 0.123. The molecule has 0 spiro atoms. The third kappa shape index (κ3) is 11.0. The fraction of sp³-hybridized carbons (Fsp3) is 1.00. The number of hydrogen-bond donors (Lipinski definition) is 1. The zero-order chi connectivity index (χ0) is 21.5. The van der Waals surface area contributed by atoms with Gasteiger partial charge in [-0.05, 0) is 52.6 Å². The van der Waals surface area contributed by atoms with Crippen LogP contribution in [0.25, 0.3) is 0 Å². The predicted octanol–water partition coefficient (Wildman–Crippen LogP) is 2.13. The van der Waals surface area contributed by atoms with E-state index in [9.17, 15) is 0 Å². The van der Waals surface area contributed by atoms with Gasteiger partial charge in [0.05, 0.1) is 9.52 Å². The quantitative estimate of drug-likeness (QED) is 0.238. The average molecular weight is 452 g/mol. The number of rotatable bonds is 19. The summed E-state index contributed by atoms with van der Waals surface area (Å²) in [6.45, 7) is 4.42. The second kappa shape index (κ2) is 16.1. The van der Waals surface area contributed by atoms with Gasteiger partial charge in [-0.3, -0.25) is 0 Å².